The highest BCUT2D eigenvalue weighted by Gasteiger charge is 2.04. The summed E-state index contributed by atoms with van der Waals surface area (Å²) in [5, 5.41) is 4.47. The molecule has 1 aromatic rings. The Labute approximate surface area is 79.9 Å². The maximum Gasteiger partial charge on any atom is 0.0640 e. The molecule has 0 unspecified atom stereocenters. The first-order chi connectivity index (χ1) is 6.31. The summed E-state index contributed by atoms with van der Waals surface area (Å²) in [4.78, 5) is 0. The van der Waals surface area contributed by atoms with Gasteiger partial charge in [0, 0.05) is 18.7 Å². The zero-order valence-electron chi connectivity index (χ0n) is 8.58. The Morgan fingerprint density at radius 1 is 1.38 bits per heavy atom. The van der Waals surface area contributed by atoms with Crippen LogP contribution in [0.4, 0.5) is 0 Å². The highest BCUT2D eigenvalue weighted by molar-refractivity contribution is 5.11. The van der Waals surface area contributed by atoms with E-state index < -0.39 is 0 Å². The molecule has 0 aliphatic carbocycles. The number of hydrogen-bond acceptors (Lipinski definition) is 2. The van der Waals surface area contributed by atoms with Gasteiger partial charge in [-0.3, -0.25) is 4.68 Å². The van der Waals surface area contributed by atoms with Gasteiger partial charge in [-0.05, 0) is 26.0 Å². The maximum atomic E-state index is 5.49. The fourth-order valence-corrected chi connectivity index (χ4v) is 1.52. The van der Waals surface area contributed by atoms with Gasteiger partial charge in [-0.15, -0.1) is 0 Å². The quantitative estimate of drug-likeness (QED) is 0.745. The molecule has 0 spiro atoms. The van der Waals surface area contributed by atoms with E-state index in [1.54, 1.807) is 0 Å². The van der Waals surface area contributed by atoms with E-state index in [0.29, 0.717) is 6.54 Å². The molecule has 0 aliphatic heterocycles. The van der Waals surface area contributed by atoms with Crippen LogP contribution in [0.1, 0.15) is 31.7 Å². The molecule has 0 radical (unpaired) electrons. The summed E-state index contributed by atoms with van der Waals surface area (Å²) in [6.07, 6.45) is 3.18. The Balaban J connectivity index is 2.77. The van der Waals surface area contributed by atoms with Crippen molar-refractivity contribution in [2.75, 3.05) is 6.54 Å². The van der Waals surface area contributed by atoms with Crippen LogP contribution < -0.4 is 5.73 Å². The first-order valence-electron chi connectivity index (χ1n) is 5.07. The summed E-state index contributed by atoms with van der Waals surface area (Å²) >= 11 is 0. The van der Waals surface area contributed by atoms with E-state index in [4.69, 9.17) is 5.73 Å². The van der Waals surface area contributed by atoms with Crippen LogP contribution in [0.3, 0.4) is 0 Å². The maximum absolute atomic E-state index is 5.49. The van der Waals surface area contributed by atoms with Crippen LogP contribution >= 0.6 is 0 Å². The zero-order chi connectivity index (χ0) is 9.68. The third-order valence-electron chi connectivity index (χ3n) is 2.12. The number of nitrogens with zero attached hydrogens (tertiary/aromatic N) is 2. The van der Waals surface area contributed by atoms with E-state index in [1.165, 1.54) is 12.1 Å². The number of hydrogen-bond donors (Lipinski definition) is 1. The molecular formula is C10H19N3. The van der Waals surface area contributed by atoms with Crippen LogP contribution in [-0.2, 0) is 19.4 Å². The van der Waals surface area contributed by atoms with Crippen molar-refractivity contribution in [3.05, 3.63) is 17.5 Å². The van der Waals surface area contributed by atoms with E-state index in [2.05, 4.69) is 29.7 Å². The van der Waals surface area contributed by atoms with Crippen molar-refractivity contribution >= 4 is 0 Å². The molecule has 3 heteroatoms. The summed E-state index contributed by atoms with van der Waals surface area (Å²) in [5.41, 5.74) is 7.96. The first kappa shape index (κ1) is 10.3. The lowest BCUT2D eigenvalue weighted by molar-refractivity contribution is 0.607. The Morgan fingerprint density at radius 2 is 2.15 bits per heavy atom. The van der Waals surface area contributed by atoms with E-state index >= 15 is 0 Å². The molecule has 0 saturated carbocycles. The zero-order valence-corrected chi connectivity index (χ0v) is 8.58. The van der Waals surface area contributed by atoms with Crippen molar-refractivity contribution in [2.45, 2.75) is 39.7 Å². The van der Waals surface area contributed by atoms with Crippen molar-refractivity contribution in [3.8, 4) is 0 Å². The van der Waals surface area contributed by atoms with Crippen LogP contribution in [0.15, 0.2) is 6.07 Å². The summed E-state index contributed by atoms with van der Waals surface area (Å²) < 4.78 is 2.08. The molecule has 0 amide bonds. The minimum Gasteiger partial charge on any atom is -0.330 e. The molecule has 2 N–H and O–H groups in total. The molecule has 3 nitrogen and oxygen atoms in total. The van der Waals surface area contributed by atoms with Crippen LogP contribution in [0.25, 0.3) is 0 Å². The molecule has 0 atom stereocenters. The van der Waals surface area contributed by atoms with Crippen LogP contribution in [-0.4, -0.2) is 16.3 Å². The van der Waals surface area contributed by atoms with Crippen LogP contribution in [0, 0.1) is 0 Å². The molecule has 13 heavy (non-hydrogen) atoms. The van der Waals surface area contributed by atoms with Crippen molar-refractivity contribution < 1.29 is 0 Å². The third-order valence-corrected chi connectivity index (χ3v) is 2.12. The monoisotopic (exact) mass is 181 g/mol. The van der Waals surface area contributed by atoms with Gasteiger partial charge in [0.05, 0.1) is 5.69 Å². The van der Waals surface area contributed by atoms with Gasteiger partial charge in [0.25, 0.3) is 0 Å². The van der Waals surface area contributed by atoms with Crippen molar-refractivity contribution in [3.63, 3.8) is 0 Å². The first-order valence-corrected chi connectivity index (χ1v) is 5.07. The molecule has 0 saturated heterocycles. The fraction of sp³-hybridized carbons (Fsp3) is 0.700. The predicted octanol–water partition coefficient (Wildman–Crippen LogP) is 1.36. The van der Waals surface area contributed by atoms with Gasteiger partial charge in [0.2, 0.25) is 0 Å². The molecule has 0 fully saturated rings. The van der Waals surface area contributed by atoms with Gasteiger partial charge in [-0.1, -0.05) is 13.3 Å². The second-order valence-corrected chi connectivity index (χ2v) is 3.23. The van der Waals surface area contributed by atoms with Crippen LogP contribution in [0.5, 0.6) is 0 Å². The van der Waals surface area contributed by atoms with Crippen LogP contribution in [0.2, 0.25) is 0 Å². The number of nitrogens with two attached hydrogens (primary N) is 1. The average molecular weight is 181 g/mol. The smallest absolute Gasteiger partial charge is 0.0640 e. The summed E-state index contributed by atoms with van der Waals surface area (Å²) in [6.45, 7) is 5.96. The topological polar surface area (TPSA) is 43.8 Å². The SMILES string of the molecule is CCCc1cc(CCN)nn1CC. The van der Waals surface area contributed by atoms with Crippen molar-refractivity contribution in [1.29, 1.82) is 0 Å². The van der Waals surface area contributed by atoms with E-state index in [0.717, 1.165) is 25.1 Å². The minimum absolute atomic E-state index is 0.687. The summed E-state index contributed by atoms with van der Waals surface area (Å²) in [6, 6.07) is 2.18. The molecule has 0 aliphatic rings. The standard InChI is InChI=1S/C10H19N3/c1-3-5-10-8-9(6-7-11)12-13(10)4-2/h8H,3-7,11H2,1-2H3. The van der Waals surface area contributed by atoms with Gasteiger partial charge in [0.15, 0.2) is 0 Å². The Morgan fingerprint density at radius 3 is 2.69 bits per heavy atom. The lowest BCUT2D eigenvalue weighted by atomic mass is 10.2. The molecule has 1 aromatic heterocycles. The molecule has 0 aromatic carbocycles. The van der Waals surface area contributed by atoms with E-state index in [1.807, 2.05) is 0 Å². The highest BCUT2D eigenvalue weighted by atomic mass is 15.3. The second-order valence-electron chi connectivity index (χ2n) is 3.23. The summed E-state index contributed by atoms with van der Waals surface area (Å²) in [7, 11) is 0. The van der Waals surface area contributed by atoms with E-state index in [-0.39, 0.29) is 0 Å². The molecule has 1 heterocycles. The Kier molecular flexibility index (Phi) is 3.96. The molecule has 0 bridgehead atoms. The molecular weight excluding hydrogens is 162 g/mol. The number of aryl methyl sites for hydroxylation is 2. The van der Waals surface area contributed by atoms with Crippen molar-refractivity contribution in [2.24, 2.45) is 5.73 Å². The van der Waals surface area contributed by atoms with Gasteiger partial charge >= 0.3 is 0 Å². The lowest BCUT2D eigenvalue weighted by Gasteiger charge is -2.00. The van der Waals surface area contributed by atoms with Gasteiger partial charge in [0.1, 0.15) is 0 Å². The van der Waals surface area contributed by atoms with Crippen molar-refractivity contribution in [1.82, 2.24) is 9.78 Å². The number of aromatic nitrogens is 2. The predicted molar refractivity (Wildman–Crippen MR) is 54.7 cm³/mol. The molecule has 1 rings (SSSR count). The van der Waals surface area contributed by atoms with Gasteiger partial charge in [-0.2, -0.15) is 5.10 Å². The van der Waals surface area contributed by atoms with Gasteiger partial charge < -0.3 is 5.73 Å². The number of rotatable bonds is 5. The fourth-order valence-electron chi connectivity index (χ4n) is 1.52. The van der Waals surface area contributed by atoms with Gasteiger partial charge in [-0.25, -0.2) is 0 Å². The molecule has 74 valence electrons. The Bertz CT molecular complexity index is 253. The average Bonchev–Trinajstić information content (AvgIpc) is 2.49. The minimum atomic E-state index is 0.687. The Hall–Kier alpha value is -0.830. The largest absolute Gasteiger partial charge is 0.330 e. The van der Waals surface area contributed by atoms with E-state index in [9.17, 15) is 0 Å². The second kappa shape index (κ2) is 5.02. The third kappa shape index (κ3) is 2.56. The normalized spacial score (nSPS) is 10.7. The summed E-state index contributed by atoms with van der Waals surface area (Å²) in [5.74, 6) is 0. The lowest BCUT2D eigenvalue weighted by Crippen LogP contribution is -2.05. The highest BCUT2D eigenvalue weighted by Crippen LogP contribution is 2.07.